The monoisotopic (exact) mass is 447 g/mol. The molecule has 0 fully saturated rings. The van der Waals surface area contributed by atoms with Gasteiger partial charge in [0.25, 0.3) is 5.56 Å². The largest absolute Gasteiger partial charge is 0.486 e. The van der Waals surface area contributed by atoms with E-state index in [1.54, 1.807) is 35.1 Å². The summed E-state index contributed by atoms with van der Waals surface area (Å²) in [7, 11) is 1.76. The molecular formula is C20H18FN3O2S3. The van der Waals surface area contributed by atoms with E-state index in [1.807, 2.05) is 19.2 Å². The van der Waals surface area contributed by atoms with E-state index in [0.29, 0.717) is 28.7 Å². The Hall–Kier alpha value is -2.23. The fourth-order valence-electron chi connectivity index (χ4n) is 2.78. The fraction of sp³-hybridized carbons (Fsp3) is 0.250. The molecule has 0 amide bonds. The summed E-state index contributed by atoms with van der Waals surface area (Å²) in [5.41, 5.74) is 1.91. The van der Waals surface area contributed by atoms with Gasteiger partial charge in [0.15, 0.2) is 5.16 Å². The number of hydrogen-bond donors (Lipinski definition) is 0. The number of benzene rings is 1. The summed E-state index contributed by atoms with van der Waals surface area (Å²) in [6.45, 7) is 4.31. The van der Waals surface area contributed by atoms with Crippen LogP contribution in [0.1, 0.15) is 21.1 Å². The molecule has 3 heterocycles. The lowest BCUT2D eigenvalue weighted by Crippen LogP contribution is -2.19. The second-order valence-electron chi connectivity index (χ2n) is 6.49. The van der Waals surface area contributed by atoms with Crippen LogP contribution in [0.25, 0.3) is 10.2 Å². The maximum Gasteiger partial charge on any atom is 0.262 e. The first-order valence-corrected chi connectivity index (χ1v) is 11.5. The van der Waals surface area contributed by atoms with Crippen LogP contribution < -0.4 is 10.3 Å². The van der Waals surface area contributed by atoms with Gasteiger partial charge in [-0.3, -0.25) is 9.36 Å². The standard InChI is InChI=1S/C20H18FN3O2S3/c1-11-12(2)29-18-17(11)19(25)24(3)20(23-18)28-10-14-9-27-16(22-14)8-26-15-6-4-13(21)5-7-15/h4-7,9H,8,10H2,1-3H3. The molecule has 0 aliphatic carbocycles. The van der Waals surface area contributed by atoms with Gasteiger partial charge in [-0.25, -0.2) is 14.4 Å². The first-order valence-electron chi connectivity index (χ1n) is 8.83. The molecule has 0 aliphatic heterocycles. The Morgan fingerprint density at radius 2 is 1.97 bits per heavy atom. The zero-order valence-electron chi connectivity index (χ0n) is 16.1. The number of thioether (sulfide) groups is 1. The summed E-state index contributed by atoms with van der Waals surface area (Å²) >= 11 is 4.56. The van der Waals surface area contributed by atoms with E-state index in [-0.39, 0.29) is 11.4 Å². The van der Waals surface area contributed by atoms with Gasteiger partial charge >= 0.3 is 0 Å². The average molecular weight is 448 g/mol. The molecule has 1 aromatic carbocycles. The summed E-state index contributed by atoms with van der Waals surface area (Å²) < 4.78 is 20.2. The van der Waals surface area contributed by atoms with Gasteiger partial charge in [-0.2, -0.15) is 0 Å². The molecule has 150 valence electrons. The lowest BCUT2D eigenvalue weighted by atomic mass is 10.2. The molecule has 4 aromatic rings. The molecular weight excluding hydrogens is 429 g/mol. The zero-order valence-corrected chi connectivity index (χ0v) is 18.5. The molecule has 29 heavy (non-hydrogen) atoms. The minimum absolute atomic E-state index is 0.00832. The summed E-state index contributed by atoms with van der Waals surface area (Å²) in [6, 6.07) is 5.92. The molecule has 0 bridgehead atoms. The quantitative estimate of drug-likeness (QED) is 0.305. The number of fused-ring (bicyclic) bond motifs is 1. The van der Waals surface area contributed by atoms with E-state index in [0.717, 1.165) is 26.0 Å². The van der Waals surface area contributed by atoms with E-state index in [9.17, 15) is 9.18 Å². The van der Waals surface area contributed by atoms with Gasteiger partial charge in [0.1, 0.15) is 28.0 Å². The van der Waals surface area contributed by atoms with Crippen molar-refractivity contribution in [1.82, 2.24) is 14.5 Å². The van der Waals surface area contributed by atoms with Crippen LogP contribution in [0.15, 0.2) is 39.6 Å². The number of ether oxygens (including phenoxy) is 1. The highest BCUT2D eigenvalue weighted by molar-refractivity contribution is 7.98. The third kappa shape index (κ3) is 4.22. The van der Waals surface area contributed by atoms with Crippen molar-refractivity contribution in [3.05, 3.63) is 67.0 Å². The molecule has 0 radical (unpaired) electrons. The highest BCUT2D eigenvalue weighted by Gasteiger charge is 2.15. The van der Waals surface area contributed by atoms with Crippen LogP contribution in [-0.2, 0) is 19.4 Å². The molecule has 0 unspecified atom stereocenters. The van der Waals surface area contributed by atoms with Crippen LogP contribution in [0.2, 0.25) is 0 Å². The maximum absolute atomic E-state index is 12.9. The van der Waals surface area contributed by atoms with Crippen molar-refractivity contribution >= 4 is 44.7 Å². The Labute approximate surface area is 179 Å². The zero-order chi connectivity index (χ0) is 20.5. The molecule has 5 nitrogen and oxygen atoms in total. The SMILES string of the molecule is Cc1sc2nc(SCc3csc(COc4ccc(F)cc4)n3)n(C)c(=O)c2c1C. The molecule has 3 aromatic heterocycles. The Morgan fingerprint density at radius 1 is 1.21 bits per heavy atom. The number of nitrogens with zero attached hydrogens (tertiary/aromatic N) is 3. The number of thiophene rings is 1. The second-order valence-corrected chi connectivity index (χ2v) is 9.57. The lowest BCUT2D eigenvalue weighted by Gasteiger charge is -2.06. The number of aryl methyl sites for hydroxylation is 2. The van der Waals surface area contributed by atoms with Gasteiger partial charge < -0.3 is 4.74 Å². The third-order valence-electron chi connectivity index (χ3n) is 4.49. The van der Waals surface area contributed by atoms with Crippen molar-refractivity contribution in [1.29, 1.82) is 0 Å². The van der Waals surface area contributed by atoms with Gasteiger partial charge in [-0.05, 0) is 43.7 Å². The van der Waals surface area contributed by atoms with Crippen molar-refractivity contribution in [2.24, 2.45) is 7.05 Å². The number of thiazole rings is 1. The molecule has 0 N–H and O–H groups in total. The highest BCUT2D eigenvalue weighted by Crippen LogP contribution is 2.29. The van der Waals surface area contributed by atoms with Gasteiger partial charge in [0, 0.05) is 23.1 Å². The van der Waals surface area contributed by atoms with Crippen LogP contribution in [0.3, 0.4) is 0 Å². The van der Waals surface area contributed by atoms with E-state index >= 15 is 0 Å². The highest BCUT2D eigenvalue weighted by atomic mass is 32.2. The Morgan fingerprint density at radius 3 is 2.72 bits per heavy atom. The van der Waals surface area contributed by atoms with Crippen LogP contribution in [0, 0.1) is 19.7 Å². The average Bonchev–Trinajstić information content (AvgIpc) is 3.27. The van der Waals surface area contributed by atoms with Crippen molar-refractivity contribution in [2.75, 3.05) is 0 Å². The van der Waals surface area contributed by atoms with Crippen molar-refractivity contribution in [3.63, 3.8) is 0 Å². The Balaban J connectivity index is 1.44. The molecule has 0 spiro atoms. The molecule has 0 saturated carbocycles. The number of hydrogen-bond acceptors (Lipinski definition) is 7. The van der Waals surface area contributed by atoms with Crippen molar-refractivity contribution in [2.45, 2.75) is 31.4 Å². The third-order valence-corrected chi connectivity index (χ3v) is 7.53. The van der Waals surface area contributed by atoms with Crippen LogP contribution in [-0.4, -0.2) is 14.5 Å². The summed E-state index contributed by atoms with van der Waals surface area (Å²) in [4.78, 5) is 23.9. The first-order chi connectivity index (χ1) is 13.9. The summed E-state index contributed by atoms with van der Waals surface area (Å²) in [5.74, 6) is 0.925. The topological polar surface area (TPSA) is 57.0 Å². The van der Waals surface area contributed by atoms with Gasteiger partial charge in [0.2, 0.25) is 0 Å². The minimum Gasteiger partial charge on any atom is -0.486 e. The van der Waals surface area contributed by atoms with Crippen LogP contribution >= 0.6 is 34.4 Å². The van der Waals surface area contributed by atoms with E-state index in [1.165, 1.54) is 35.2 Å². The predicted octanol–water partition coefficient (Wildman–Crippen LogP) is 5.08. The Bertz CT molecular complexity index is 1230. The van der Waals surface area contributed by atoms with Crippen LogP contribution in [0.4, 0.5) is 4.39 Å². The fourth-order valence-corrected chi connectivity index (χ4v) is 5.53. The number of rotatable bonds is 6. The molecule has 9 heteroatoms. The van der Waals surface area contributed by atoms with Crippen molar-refractivity contribution < 1.29 is 9.13 Å². The Kier molecular flexibility index (Phi) is 5.71. The molecule has 0 atom stereocenters. The molecule has 0 aliphatic rings. The molecule has 0 saturated heterocycles. The normalized spacial score (nSPS) is 11.3. The van der Waals surface area contributed by atoms with Crippen molar-refractivity contribution in [3.8, 4) is 5.75 Å². The maximum atomic E-state index is 12.9. The first kappa shape index (κ1) is 20.1. The summed E-state index contributed by atoms with van der Waals surface area (Å²) in [6.07, 6.45) is 0. The van der Waals surface area contributed by atoms with E-state index in [2.05, 4.69) is 9.97 Å². The van der Waals surface area contributed by atoms with Crippen LogP contribution in [0.5, 0.6) is 5.75 Å². The van der Waals surface area contributed by atoms with Gasteiger partial charge in [-0.15, -0.1) is 22.7 Å². The lowest BCUT2D eigenvalue weighted by molar-refractivity contribution is 0.305. The summed E-state index contributed by atoms with van der Waals surface area (Å²) in [5, 5.41) is 4.22. The predicted molar refractivity (Wildman–Crippen MR) is 117 cm³/mol. The smallest absolute Gasteiger partial charge is 0.262 e. The van der Waals surface area contributed by atoms with E-state index < -0.39 is 0 Å². The molecule has 4 rings (SSSR count). The second kappa shape index (κ2) is 8.25. The number of halogens is 1. The van der Waals surface area contributed by atoms with Gasteiger partial charge in [0.05, 0.1) is 11.1 Å². The van der Waals surface area contributed by atoms with E-state index in [4.69, 9.17) is 4.74 Å². The number of aromatic nitrogens is 3. The van der Waals surface area contributed by atoms with Gasteiger partial charge in [-0.1, -0.05) is 11.8 Å². The minimum atomic E-state index is -0.292.